The summed E-state index contributed by atoms with van der Waals surface area (Å²) in [5.41, 5.74) is 14.4. The summed E-state index contributed by atoms with van der Waals surface area (Å²) in [6.07, 6.45) is 2.58. The number of pyridine rings is 2. The number of fused-ring (bicyclic) bond motifs is 3. The van der Waals surface area contributed by atoms with Gasteiger partial charge in [-0.2, -0.15) is 0 Å². The first-order valence-corrected chi connectivity index (χ1v) is 16.4. The van der Waals surface area contributed by atoms with Gasteiger partial charge in [0.1, 0.15) is 11.4 Å². The first kappa shape index (κ1) is 28.6. The summed E-state index contributed by atoms with van der Waals surface area (Å²) in [7, 11) is 0. The van der Waals surface area contributed by atoms with Gasteiger partial charge in [-0.1, -0.05) is 133 Å². The van der Waals surface area contributed by atoms with Crippen LogP contribution < -0.4 is 0 Å². The maximum atomic E-state index is 5.17. The lowest BCUT2D eigenvalue weighted by Gasteiger charge is -2.11. The Morgan fingerprint density at radius 1 is 0.306 bits per heavy atom. The van der Waals surface area contributed by atoms with Crippen LogP contribution in [0.5, 0.6) is 0 Å². The monoisotopic (exact) mass is 627 g/mol. The fourth-order valence-electron chi connectivity index (χ4n) is 6.74. The van der Waals surface area contributed by atoms with Crippen LogP contribution in [0.25, 0.3) is 79.1 Å². The van der Waals surface area contributed by atoms with E-state index in [-0.39, 0.29) is 0 Å². The average molecular weight is 628 g/mol. The minimum Gasteiger partial charge on any atom is -0.253 e. The fourth-order valence-corrected chi connectivity index (χ4v) is 6.74. The highest BCUT2D eigenvalue weighted by atomic mass is 15.1. The third kappa shape index (κ3) is 5.37. The van der Waals surface area contributed by atoms with Gasteiger partial charge in [-0.15, -0.1) is 0 Å². The number of rotatable bonds is 6. The van der Waals surface area contributed by atoms with Crippen LogP contribution in [-0.4, -0.2) is 24.9 Å². The zero-order valence-electron chi connectivity index (χ0n) is 26.5. The van der Waals surface area contributed by atoms with Crippen molar-refractivity contribution in [1.29, 1.82) is 0 Å². The van der Waals surface area contributed by atoms with Gasteiger partial charge in [0.2, 0.25) is 0 Å². The maximum Gasteiger partial charge on any atom is 0.182 e. The number of benzene rings is 5. The van der Waals surface area contributed by atoms with Crippen molar-refractivity contribution in [3.8, 4) is 79.1 Å². The van der Waals surface area contributed by atoms with Crippen molar-refractivity contribution in [1.82, 2.24) is 24.9 Å². The van der Waals surface area contributed by atoms with Crippen molar-refractivity contribution in [2.24, 2.45) is 0 Å². The Hall–Kier alpha value is -6.59. The van der Waals surface area contributed by atoms with Gasteiger partial charge in [-0.3, -0.25) is 4.98 Å². The van der Waals surface area contributed by atoms with E-state index in [1.807, 2.05) is 60.7 Å². The molecule has 0 saturated heterocycles. The molecule has 1 aliphatic rings. The minimum atomic E-state index is 0.508. The van der Waals surface area contributed by atoms with Gasteiger partial charge in [0, 0.05) is 17.3 Å². The number of nitrogens with zero attached hydrogens (tertiary/aromatic N) is 5. The molecule has 3 heterocycles. The molecule has 3 aromatic heterocycles. The van der Waals surface area contributed by atoms with Crippen molar-refractivity contribution in [2.45, 2.75) is 6.42 Å². The highest BCUT2D eigenvalue weighted by Gasteiger charge is 2.25. The molecule has 8 aromatic rings. The lowest BCUT2D eigenvalue weighted by Crippen LogP contribution is -2.02. The molecule has 0 unspecified atom stereocenters. The van der Waals surface area contributed by atoms with Crippen LogP contribution in [0.4, 0.5) is 0 Å². The number of hydrogen-bond donors (Lipinski definition) is 0. The molecule has 5 heteroatoms. The smallest absolute Gasteiger partial charge is 0.182 e. The summed E-state index contributed by atoms with van der Waals surface area (Å²) < 4.78 is 0. The summed E-state index contributed by atoms with van der Waals surface area (Å²) in [4.78, 5) is 24.2. The lowest BCUT2D eigenvalue weighted by atomic mass is 9.94. The highest BCUT2D eigenvalue weighted by molar-refractivity contribution is 5.89. The molecule has 5 aromatic carbocycles. The topological polar surface area (TPSA) is 64.5 Å². The van der Waals surface area contributed by atoms with Crippen LogP contribution in [0.1, 0.15) is 11.1 Å². The van der Waals surface area contributed by atoms with Crippen molar-refractivity contribution in [3.63, 3.8) is 0 Å². The molecule has 0 radical (unpaired) electrons. The van der Waals surface area contributed by atoms with Gasteiger partial charge in [0.15, 0.2) is 17.5 Å². The van der Waals surface area contributed by atoms with E-state index in [4.69, 9.17) is 19.9 Å². The fraction of sp³-hybridized carbons (Fsp3) is 0.0227. The molecule has 5 nitrogen and oxygen atoms in total. The van der Waals surface area contributed by atoms with Gasteiger partial charge in [-0.25, -0.2) is 19.9 Å². The molecule has 0 spiro atoms. The zero-order valence-corrected chi connectivity index (χ0v) is 26.5. The van der Waals surface area contributed by atoms with Gasteiger partial charge < -0.3 is 0 Å². The molecule has 0 aliphatic heterocycles. The summed E-state index contributed by atoms with van der Waals surface area (Å²) in [6, 6.07) is 54.4. The second-order valence-corrected chi connectivity index (χ2v) is 12.1. The SMILES string of the molecule is c1ccc(-c2ccc(-c3cccc4c3Cc3c(-c5cccc(-c6nc(-c7ccccc7)nc(-c7ccccn7)n6)n5)cccc3-4)cc2)cc1. The molecule has 49 heavy (non-hydrogen) atoms. The molecule has 0 saturated carbocycles. The van der Waals surface area contributed by atoms with E-state index in [9.17, 15) is 0 Å². The van der Waals surface area contributed by atoms with Gasteiger partial charge >= 0.3 is 0 Å². The first-order valence-electron chi connectivity index (χ1n) is 16.4. The molecule has 0 amide bonds. The van der Waals surface area contributed by atoms with Crippen LogP contribution in [0, 0.1) is 0 Å². The van der Waals surface area contributed by atoms with Crippen molar-refractivity contribution >= 4 is 0 Å². The number of aromatic nitrogens is 5. The Morgan fingerprint density at radius 3 is 1.53 bits per heavy atom. The summed E-state index contributed by atoms with van der Waals surface area (Å²) in [6.45, 7) is 0. The third-order valence-corrected chi connectivity index (χ3v) is 9.11. The molecule has 0 N–H and O–H groups in total. The van der Waals surface area contributed by atoms with Gasteiger partial charge in [0.25, 0.3) is 0 Å². The van der Waals surface area contributed by atoms with E-state index in [2.05, 4.69) is 102 Å². The van der Waals surface area contributed by atoms with Crippen LogP contribution in [0.3, 0.4) is 0 Å². The normalized spacial score (nSPS) is 11.6. The van der Waals surface area contributed by atoms with E-state index in [1.165, 1.54) is 44.5 Å². The molecule has 230 valence electrons. The molecule has 0 fully saturated rings. The number of hydrogen-bond acceptors (Lipinski definition) is 5. The van der Waals surface area contributed by atoms with Crippen LogP contribution >= 0.6 is 0 Å². The lowest BCUT2D eigenvalue weighted by molar-refractivity contribution is 1.05. The van der Waals surface area contributed by atoms with Crippen LogP contribution in [-0.2, 0) is 6.42 Å². The Balaban J connectivity index is 1.09. The molecule has 0 atom stereocenters. The van der Waals surface area contributed by atoms with E-state index in [1.54, 1.807) is 6.20 Å². The van der Waals surface area contributed by atoms with Crippen molar-refractivity contribution in [3.05, 3.63) is 175 Å². The highest BCUT2D eigenvalue weighted by Crippen LogP contribution is 2.45. The molecular formula is C44H29N5. The van der Waals surface area contributed by atoms with Crippen LogP contribution in [0.2, 0.25) is 0 Å². The largest absolute Gasteiger partial charge is 0.253 e. The molecular weight excluding hydrogens is 599 g/mol. The van der Waals surface area contributed by atoms with Gasteiger partial charge in [-0.05, 0) is 75.2 Å². The average Bonchev–Trinajstić information content (AvgIpc) is 3.58. The summed E-state index contributed by atoms with van der Waals surface area (Å²) >= 11 is 0. The molecule has 1 aliphatic carbocycles. The standard InChI is InChI=1S/C44H29N5/c1-3-12-29(13-4-1)30-23-25-31(26-24-30)33-16-9-17-34-35-18-10-19-36(38(35)28-37(33)34)39-21-11-22-41(46-39)44-48-42(32-14-5-2-6-15-32)47-43(49-44)40-20-7-8-27-45-40/h1-27H,28H2. The predicted molar refractivity (Wildman–Crippen MR) is 196 cm³/mol. The summed E-state index contributed by atoms with van der Waals surface area (Å²) in [5.74, 6) is 1.60. The predicted octanol–water partition coefficient (Wildman–Crippen LogP) is 10.2. The Morgan fingerprint density at radius 2 is 0.816 bits per heavy atom. The summed E-state index contributed by atoms with van der Waals surface area (Å²) in [5, 5.41) is 0. The van der Waals surface area contributed by atoms with Crippen molar-refractivity contribution in [2.75, 3.05) is 0 Å². The van der Waals surface area contributed by atoms with Crippen molar-refractivity contribution < 1.29 is 0 Å². The van der Waals surface area contributed by atoms with E-state index in [0.29, 0.717) is 28.9 Å². The molecule has 0 bridgehead atoms. The quantitative estimate of drug-likeness (QED) is 0.184. The van der Waals surface area contributed by atoms with Crippen LogP contribution in [0.15, 0.2) is 164 Å². The zero-order chi connectivity index (χ0) is 32.6. The van der Waals surface area contributed by atoms with Gasteiger partial charge in [0.05, 0.1) is 5.69 Å². The Kier molecular flexibility index (Phi) is 7.13. The Bertz CT molecular complexity index is 2380. The second-order valence-electron chi connectivity index (χ2n) is 12.1. The Labute approximate surface area is 284 Å². The van der Waals surface area contributed by atoms with E-state index < -0.39 is 0 Å². The second kappa shape index (κ2) is 12.2. The maximum absolute atomic E-state index is 5.17. The van der Waals surface area contributed by atoms with E-state index >= 15 is 0 Å². The molecule has 9 rings (SSSR count). The van der Waals surface area contributed by atoms with E-state index in [0.717, 1.165) is 23.2 Å². The third-order valence-electron chi connectivity index (χ3n) is 9.11. The first-order chi connectivity index (χ1) is 24.3. The minimum absolute atomic E-state index is 0.508.